The van der Waals surface area contributed by atoms with Crippen LogP contribution in [0, 0.1) is 13.8 Å². The Bertz CT molecular complexity index is 859. The number of anilines is 1. The number of Topliss-reactive ketones (excluding diaryl/α,β-unsaturated/α-hetero) is 1. The van der Waals surface area contributed by atoms with Crippen LogP contribution in [0.5, 0.6) is 0 Å². The maximum absolute atomic E-state index is 12.6. The molecule has 0 aromatic heterocycles. The highest BCUT2D eigenvalue weighted by Gasteiger charge is 2.18. The fourth-order valence-corrected chi connectivity index (χ4v) is 3.94. The summed E-state index contributed by atoms with van der Waals surface area (Å²) >= 11 is 6.02. The lowest BCUT2D eigenvalue weighted by Crippen LogP contribution is -2.14. The molecule has 0 saturated heterocycles. The molecule has 0 spiro atoms. The summed E-state index contributed by atoms with van der Waals surface area (Å²) in [6, 6.07) is 9.65. The van der Waals surface area contributed by atoms with Crippen LogP contribution in [-0.2, 0) is 10.0 Å². The minimum absolute atomic E-state index is 0.0519. The van der Waals surface area contributed by atoms with Crippen LogP contribution in [0.4, 0.5) is 5.69 Å². The van der Waals surface area contributed by atoms with E-state index in [9.17, 15) is 13.2 Å². The van der Waals surface area contributed by atoms with Gasteiger partial charge in [0.15, 0.2) is 5.78 Å². The van der Waals surface area contributed by atoms with E-state index < -0.39 is 10.0 Å². The summed E-state index contributed by atoms with van der Waals surface area (Å²) in [5.74, 6) is 0.0519. The Morgan fingerprint density at radius 3 is 2.29 bits per heavy atom. The molecule has 0 saturated carbocycles. The van der Waals surface area contributed by atoms with Gasteiger partial charge in [-0.05, 0) is 67.8 Å². The predicted octanol–water partition coefficient (Wildman–Crippen LogP) is 4.74. The Labute approximate surface area is 147 Å². The molecule has 0 aliphatic heterocycles. The van der Waals surface area contributed by atoms with Crippen LogP contribution in [0.15, 0.2) is 41.3 Å². The van der Waals surface area contributed by atoms with Crippen LogP contribution in [0.2, 0.25) is 5.02 Å². The number of hydrogen-bond acceptors (Lipinski definition) is 3. The zero-order chi connectivity index (χ0) is 17.9. The third kappa shape index (κ3) is 4.16. The van der Waals surface area contributed by atoms with Gasteiger partial charge < -0.3 is 0 Å². The van der Waals surface area contributed by atoms with Crippen LogP contribution in [0.25, 0.3) is 0 Å². The molecule has 0 radical (unpaired) electrons. The van der Waals surface area contributed by atoms with Crippen molar-refractivity contribution in [2.75, 3.05) is 4.72 Å². The van der Waals surface area contributed by atoms with Crippen LogP contribution in [0.3, 0.4) is 0 Å². The highest BCUT2D eigenvalue weighted by molar-refractivity contribution is 7.92. The minimum Gasteiger partial charge on any atom is -0.294 e. The molecule has 0 aliphatic carbocycles. The molecule has 0 atom stereocenters. The molecule has 0 aliphatic rings. The monoisotopic (exact) mass is 365 g/mol. The van der Waals surface area contributed by atoms with Gasteiger partial charge in [0.2, 0.25) is 0 Å². The van der Waals surface area contributed by atoms with E-state index in [-0.39, 0.29) is 10.7 Å². The largest absolute Gasteiger partial charge is 0.294 e. The molecular formula is C18H20ClNO3S. The zero-order valence-corrected chi connectivity index (χ0v) is 15.5. The molecular weight excluding hydrogens is 346 g/mol. The topological polar surface area (TPSA) is 63.2 Å². The number of hydrogen-bond donors (Lipinski definition) is 1. The lowest BCUT2D eigenvalue weighted by molar-refractivity contribution is 0.0982. The van der Waals surface area contributed by atoms with E-state index in [1.54, 1.807) is 50.2 Å². The van der Waals surface area contributed by atoms with Crippen LogP contribution in [-0.4, -0.2) is 14.2 Å². The third-order valence-electron chi connectivity index (χ3n) is 3.68. The summed E-state index contributed by atoms with van der Waals surface area (Å²) in [6.07, 6.45) is 1.26. The molecule has 0 bridgehead atoms. The summed E-state index contributed by atoms with van der Waals surface area (Å²) in [7, 11) is -3.72. The van der Waals surface area contributed by atoms with Gasteiger partial charge in [0.05, 0.1) is 4.90 Å². The fourth-order valence-electron chi connectivity index (χ4n) is 2.35. The quantitative estimate of drug-likeness (QED) is 0.752. The molecule has 0 heterocycles. The first-order valence-electron chi connectivity index (χ1n) is 7.67. The normalized spacial score (nSPS) is 11.3. The molecule has 0 unspecified atom stereocenters. The Morgan fingerprint density at radius 1 is 1.08 bits per heavy atom. The van der Waals surface area contributed by atoms with E-state index in [2.05, 4.69) is 4.72 Å². The molecule has 0 fully saturated rings. The van der Waals surface area contributed by atoms with Crippen molar-refractivity contribution < 1.29 is 13.2 Å². The Kier molecular flexibility index (Phi) is 5.67. The molecule has 2 aromatic carbocycles. The fraction of sp³-hybridized carbons (Fsp3) is 0.278. The standard InChI is InChI=1S/C18H20ClNO3S/c1-4-5-17(21)14-6-8-15(9-7-14)20-24(22,23)18-11-12(2)16(19)10-13(18)3/h6-11,20H,4-5H2,1-3H3. The van der Waals surface area contributed by atoms with E-state index in [0.717, 1.165) is 6.42 Å². The molecule has 1 N–H and O–H groups in total. The summed E-state index contributed by atoms with van der Waals surface area (Å²) in [6.45, 7) is 5.40. The molecule has 4 nitrogen and oxygen atoms in total. The van der Waals surface area contributed by atoms with Crippen LogP contribution >= 0.6 is 11.6 Å². The van der Waals surface area contributed by atoms with Crippen molar-refractivity contribution in [1.82, 2.24) is 0 Å². The predicted molar refractivity (Wildman–Crippen MR) is 97.4 cm³/mol. The van der Waals surface area contributed by atoms with Crippen LogP contribution < -0.4 is 4.72 Å². The maximum atomic E-state index is 12.6. The Balaban J connectivity index is 2.27. The van der Waals surface area contributed by atoms with Crippen molar-refractivity contribution in [3.8, 4) is 0 Å². The van der Waals surface area contributed by atoms with Crippen molar-refractivity contribution >= 4 is 33.1 Å². The summed E-state index contributed by atoms with van der Waals surface area (Å²) in [5.41, 5.74) is 2.27. The van der Waals surface area contributed by atoms with E-state index in [1.165, 1.54) is 0 Å². The summed E-state index contributed by atoms with van der Waals surface area (Å²) in [4.78, 5) is 12.0. The lowest BCUT2D eigenvalue weighted by atomic mass is 10.1. The summed E-state index contributed by atoms with van der Waals surface area (Å²) < 4.78 is 27.7. The number of rotatable bonds is 6. The van der Waals surface area contributed by atoms with E-state index >= 15 is 0 Å². The van der Waals surface area contributed by atoms with Crippen molar-refractivity contribution in [3.63, 3.8) is 0 Å². The smallest absolute Gasteiger partial charge is 0.262 e. The lowest BCUT2D eigenvalue weighted by Gasteiger charge is -2.12. The number of carbonyl (C=O) groups is 1. The number of sulfonamides is 1. The van der Waals surface area contributed by atoms with Crippen molar-refractivity contribution in [2.45, 2.75) is 38.5 Å². The van der Waals surface area contributed by atoms with Gasteiger partial charge in [0.1, 0.15) is 0 Å². The van der Waals surface area contributed by atoms with Gasteiger partial charge in [0, 0.05) is 22.7 Å². The molecule has 2 rings (SSSR count). The van der Waals surface area contributed by atoms with Gasteiger partial charge in [-0.2, -0.15) is 0 Å². The first-order chi connectivity index (χ1) is 11.2. The van der Waals surface area contributed by atoms with Crippen LogP contribution in [0.1, 0.15) is 41.3 Å². The van der Waals surface area contributed by atoms with Gasteiger partial charge in [-0.1, -0.05) is 18.5 Å². The van der Waals surface area contributed by atoms with Crippen molar-refractivity contribution in [3.05, 3.63) is 58.1 Å². The molecule has 2 aromatic rings. The van der Waals surface area contributed by atoms with E-state index in [4.69, 9.17) is 11.6 Å². The number of halogens is 1. The molecule has 128 valence electrons. The Hall–Kier alpha value is -1.85. The highest BCUT2D eigenvalue weighted by Crippen LogP contribution is 2.25. The summed E-state index contributed by atoms with van der Waals surface area (Å²) in [5, 5.41) is 0.533. The minimum atomic E-state index is -3.72. The van der Waals surface area contributed by atoms with Crippen molar-refractivity contribution in [2.24, 2.45) is 0 Å². The third-order valence-corrected chi connectivity index (χ3v) is 5.61. The second kappa shape index (κ2) is 7.36. The second-order valence-electron chi connectivity index (χ2n) is 5.72. The van der Waals surface area contributed by atoms with Gasteiger partial charge in [-0.15, -0.1) is 0 Å². The first-order valence-corrected chi connectivity index (χ1v) is 9.53. The highest BCUT2D eigenvalue weighted by atomic mass is 35.5. The number of benzene rings is 2. The Morgan fingerprint density at radius 2 is 1.71 bits per heavy atom. The average Bonchev–Trinajstić information content (AvgIpc) is 2.51. The number of aryl methyl sites for hydroxylation is 2. The number of ketones is 1. The van der Waals surface area contributed by atoms with E-state index in [1.807, 2.05) is 6.92 Å². The van der Waals surface area contributed by atoms with Gasteiger partial charge in [-0.3, -0.25) is 9.52 Å². The zero-order valence-electron chi connectivity index (χ0n) is 13.9. The van der Waals surface area contributed by atoms with Gasteiger partial charge >= 0.3 is 0 Å². The van der Waals surface area contributed by atoms with Crippen molar-refractivity contribution in [1.29, 1.82) is 0 Å². The molecule has 6 heteroatoms. The average molecular weight is 366 g/mol. The first kappa shape index (κ1) is 18.5. The maximum Gasteiger partial charge on any atom is 0.262 e. The van der Waals surface area contributed by atoms with E-state index in [0.29, 0.717) is 33.8 Å². The number of nitrogens with one attached hydrogen (secondary N) is 1. The van der Waals surface area contributed by atoms with Gasteiger partial charge in [0.25, 0.3) is 10.0 Å². The SMILES string of the molecule is CCCC(=O)c1ccc(NS(=O)(=O)c2cc(C)c(Cl)cc2C)cc1. The molecule has 0 amide bonds. The second-order valence-corrected chi connectivity index (χ2v) is 7.78. The molecule has 24 heavy (non-hydrogen) atoms. The number of carbonyl (C=O) groups excluding carboxylic acids is 1. The van der Waals surface area contributed by atoms with Gasteiger partial charge in [-0.25, -0.2) is 8.42 Å².